The minimum absolute atomic E-state index is 0.132. The first-order chi connectivity index (χ1) is 14.5. The Morgan fingerprint density at radius 3 is 2.30 bits per heavy atom. The number of nitrogens with zero attached hydrogens (tertiary/aromatic N) is 3. The molecule has 0 radical (unpaired) electrons. The number of allylic oxidation sites excluding steroid dienone is 2. The summed E-state index contributed by atoms with van der Waals surface area (Å²) in [5.74, 6) is -1.03. The van der Waals surface area contributed by atoms with Gasteiger partial charge in [0.05, 0.1) is 24.1 Å². The molecule has 2 aliphatic carbocycles. The molecule has 1 aromatic carbocycles. The second-order valence-corrected chi connectivity index (χ2v) is 8.96. The van der Waals surface area contributed by atoms with Gasteiger partial charge in [-0.15, -0.1) is 0 Å². The molecule has 5 rings (SSSR count). The molecule has 6 nitrogen and oxygen atoms in total. The van der Waals surface area contributed by atoms with Crippen molar-refractivity contribution in [3.05, 3.63) is 71.0 Å². The molecule has 2 aromatic rings. The fraction of sp³-hybridized carbons (Fsp3) is 0.304. The molecule has 3 aliphatic rings. The molecule has 0 spiro atoms. The van der Waals surface area contributed by atoms with Gasteiger partial charge in [0.15, 0.2) is 0 Å². The highest BCUT2D eigenvalue weighted by Crippen LogP contribution is 2.52. The van der Waals surface area contributed by atoms with Gasteiger partial charge in [0, 0.05) is 16.4 Å². The van der Waals surface area contributed by atoms with Gasteiger partial charge in [-0.1, -0.05) is 34.1 Å². The Labute approximate surface area is 182 Å². The molecule has 0 N–H and O–H groups in total. The van der Waals surface area contributed by atoms with Gasteiger partial charge in [0.2, 0.25) is 17.7 Å². The first-order valence-electron chi connectivity index (χ1n) is 10.0. The van der Waals surface area contributed by atoms with Gasteiger partial charge >= 0.3 is 0 Å². The summed E-state index contributed by atoms with van der Waals surface area (Å²) >= 11 is 3.41. The Kier molecular flexibility index (Phi) is 4.77. The molecule has 2 heterocycles. The number of carbonyl (C=O) groups is 3. The third-order valence-electron chi connectivity index (χ3n) is 6.34. The van der Waals surface area contributed by atoms with Crippen molar-refractivity contribution >= 4 is 39.3 Å². The highest BCUT2D eigenvalue weighted by Gasteiger charge is 2.59. The van der Waals surface area contributed by atoms with E-state index in [1.165, 1.54) is 4.90 Å². The topological polar surface area (TPSA) is 70.6 Å². The number of hydrogen-bond acceptors (Lipinski definition) is 4. The van der Waals surface area contributed by atoms with E-state index in [0.29, 0.717) is 5.69 Å². The SMILES string of the molecule is O=C1C2C3C=CC(C3)C2C(=O)N1CC(=O)N(Cc1ccccn1)c1ccc(Br)cc1. The van der Waals surface area contributed by atoms with E-state index in [4.69, 9.17) is 0 Å². The van der Waals surface area contributed by atoms with E-state index in [1.807, 2.05) is 42.5 Å². The van der Waals surface area contributed by atoms with E-state index in [-0.39, 0.29) is 54.5 Å². The van der Waals surface area contributed by atoms with E-state index < -0.39 is 0 Å². The third kappa shape index (κ3) is 3.17. The zero-order valence-corrected chi connectivity index (χ0v) is 17.7. The zero-order chi connectivity index (χ0) is 20.8. The van der Waals surface area contributed by atoms with Crippen LogP contribution in [-0.4, -0.2) is 34.2 Å². The molecule has 4 atom stereocenters. The lowest BCUT2D eigenvalue weighted by molar-refractivity contribution is -0.143. The summed E-state index contributed by atoms with van der Waals surface area (Å²) in [5.41, 5.74) is 1.42. The maximum atomic E-state index is 13.3. The minimum atomic E-state index is -0.301. The van der Waals surface area contributed by atoms with Gasteiger partial charge in [0.25, 0.3) is 0 Å². The van der Waals surface area contributed by atoms with Crippen LogP contribution in [0.25, 0.3) is 0 Å². The Bertz CT molecular complexity index is 1010. The fourth-order valence-electron chi connectivity index (χ4n) is 4.94. The molecule has 30 heavy (non-hydrogen) atoms. The number of carbonyl (C=O) groups excluding carboxylic acids is 3. The number of benzene rings is 1. The van der Waals surface area contributed by atoms with Gasteiger partial charge in [0.1, 0.15) is 6.54 Å². The Morgan fingerprint density at radius 2 is 1.70 bits per heavy atom. The normalized spacial score (nSPS) is 26.4. The van der Waals surface area contributed by atoms with E-state index in [0.717, 1.165) is 16.6 Å². The van der Waals surface area contributed by atoms with Crippen molar-refractivity contribution in [3.8, 4) is 0 Å². The van der Waals surface area contributed by atoms with Crippen LogP contribution in [0.3, 0.4) is 0 Å². The number of fused-ring (bicyclic) bond motifs is 5. The molecule has 2 bridgehead atoms. The molecule has 1 aromatic heterocycles. The molecule has 7 heteroatoms. The predicted molar refractivity (Wildman–Crippen MR) is 114 cm³/mol. The van der Waals surface area contributed by atoms with Crippen molar-refractivity contribution in [2.24, 2.45) is 23.7 Å². The van der Waals surface area contributed by atoms with Gasteiger partial charge in [-0.2, -0.15) is 0 Å². The molecule has 4 unspecified atom stereocenters. The van der Waals surface area contributed by atoms with Gasteiger partial charge < -0.3 is 4.90 Å². The summed E-state index contributed by atoms with van der Waals surface area (Å²) in [4.78, 5) is 46.3. The maximum absolute atomic E-state index is 13.3. The van der Waals surface area contributed by atoms with E-state index >= 15 is 0 Å². The van der Waals surface area contributed by atoms with Crippen LogP contribution in [0.1, 0.15) is 12.1 Å². The van der Waals surface area contributed by atoms with Crippen LogP contribution in [-0.2, 0) is 20.9 Å². The highest BCUT2D eigenvalue weighted by molar-refractivity contribution is 9.10. The highest BCUT2D eigenvalue weighted by atomic mass is 79.9. The van der Waals surface area contributed by atoms with Crippen LogP contribution in [0.5, 0.6) is 0 Å². The van der Waals surface area contributed by atoms with Gasteiger partial charge in [-0.25, -0.2) is 0 Å². The van der Waals surface area contributed by atoms with Crippen molar-refractivity contribution in [1.82, 2.24) is 9.88 Å². The predicted octanol–water partition coefficient (Wildman–Crippen LogP) is 3.18. The van der Waals surface area contributed by atoms with E-state index in [2.05, 4.69) is 33.1 Å². The molecular formula is C23H20BrN3O3. The second kappa shape index (κ2) is 7.47. The summed E-state index contributed by atoms with van der Waals surface area (Å²) in [5, 5.41) is 0. The first-order valence-corrected chi connectivity index (χ1v) is 10.8. The first kappa shape index (κ1) is 19.2. The molecule has 1 aliphatic heterocycles. The van der Waals surface area contributed by atoms with E-state index in [9.17, 15) is 14.4 Å². The zero-order valence-electron chi connectivity index (χ0n) is 16.1. The summed E-state index contributed by atoms with van der Waals surface area (Å²) in [7, 11) is 0. The Balaban J connectivity index is 1.39. The van der Waals surface area contributed by atoms with Crippen molar-refractivity contribution < 1.29 is 14.4 Å². The number of likely N-dealkylation sites (tertiary alicyclic amines) is 1. The van der Waals surface area contributed by atoms with Crippen molar-refractivity contribution in [2.45, 2.75) is 13.0 Å². The number of hydrogen-bond donors (Lipinski definition) is 0. The Morgan fingerprint density at radius 1 is 1.03 bits per heavy atom. The van der Waals surface area contributed by atoms with E-state index in [1.54, 1.807) is 11.1 Å². The number of rotatable bonds is 5. The quantitative estimate of drug-likeness (QED) is 0.502. The summed E-state index contributed by atoms with van der Waals surface area (Å²) in [6, 6.07) is 12.9. The van der Waals surface area contributed by atoms with Gasteiger partial charge in [-0.3, -0.25) is 24.3 Å². The van der Waals surface area contributed by atoms with Gasteiger partial charge in [-0.05, 0) is 54.7 Å². The number of anilines is 1. The minimum Gasteiger partial charge on any atom is -0.305 e. The van der Waals surface area contributed by atoms with Crippen LogP contribution in [0.2, 0.25) is 0 Å². The van der Waals surface area contributed by atoms with Crippen LogP contribution in [0.15, 0.2) is 65.3 Å². The van der Waals surface area contributed by atoms with Crippen LogP contribution < -0.4 is 4.90 Å². The van der Waals surface area contributed by atoms with Crippen molar-refractivity contribution in [2.75, 3.05) is 11.4 Å². The number of pyridine rings is 1. The molecule has 3 amide bonds. The number of imide groups is 1. The molecule has 1 saturated carbocycles. The molecular weight excluding hydrogens is 446 g/mol. The summed E-state index contributed by atoms with van der Waals surface area (Å²) in [6.45, 7) is 0.0180. The lowest BCUT2D eigenvalue weighted by atomic mass is 9.85. The van der Waals surface area contributed by atoms with Crippen LogP contribution >= 0.6 is 15.9 Å². The average molecular weight is 466 g/mol. The smallest absolute Gasteiger partial charge is 0.247 e. The average Bonchev–Trinajstić information content (AvgIpc) is 3.44. The van der Waals surface area contributed by atoms with Crippen LogP contribution in [0.4, 0.5) is 5.69 Å². The van der Waals surface area contributed by atoms with Crippen molar-refractivity contribution in [3.63, 3.8) is 0 Å². The number of amides is 3. The number of aromatic nitrogens is 1. The van der Waals surface area contributed by atoms with Crippen LogP contribution in [0, 0.1) is 23.7 Å². The maximum Gasteiger partial charge on any atom is 0.247 e. The summed E-state index contributed by atoms with van der Waals surface area (Å²) in [6.07, 6.45) is 6.66. The Hall–Kier alpha value is -2.80. The van der Waals surface area contributed by atoms with Crippen molar-refractivity contribution in [1.29, 1.82) is 0 Å². The molecule has 152 valence electrons. The lowest BCUT2D eigenvalue weighted by Crippen LogP contribution is -2.43. The lowest BCUT2D eigenvalue weighted by Gasteiger charge is -2.25. The third-order valence-corrected chi connectivity index (χ3v) is 6.87. The largest absolute Gasteiger partial charge is 0.305 e. The molecule has 1 saturated heterocycles. The summed E-state index contributed by atoms with van der Waals surface area (Å²) < 4.78 is 0.900. The molecule has 2 fully saturated rings. The monoisotopic (exact) mass is 465 g/mol. The fourth-order valence-corrected chi connectivity index (χ4v) is 5.20. The second-order valence-electron chi connectivity index (χ2n) is 8.04. The standard InChI is InChI=1S/C23H20BrN3O3/c24-16-6-8-18(9-7-16)26(12-17-3-1-2-10-25-17)19(28)13-27-22(29)20-14-4-5-15(11-14)21(20)23(27)30/h1-10,14-15,20-21H,11-13H2. The number of halogens is 1.